The summed E-state index contributed by atoms with van der Waals surface area (Å²) >= 11 is 6.99. The minimum absolute atomic E-state index is 1.13. The van der Waals surface area contributed by atoms with E-state index in [-0.39, 0.29) is 0 Å². The highest BCUT2D eigenvalue weighted by Crippen LogP contribution is 2.18. The van der Waals surface area contributed by atoms with Crippen molar-refractivity contribution in [1.29, 1.82) is 0 Å². The Hall–Kier alpha value is -2.30. The molecule has 2 heterocycles. The summed E-state index contributed by atoms with van der Waals surface area (Å²) in [4.78, 5) is 0. The first-order valence-corrected chi connectivity index (χ1v) is 21.8. The number of hydrogen-bond donors (Lipinski definition) is 0. The van der Waals surface area contributed by atoms with E-state index in [4.69, 9.17) is 0 Å². The number of pyridine rings is 2. The summed E-state index contributed by atoms with van der Waals surface area (Å²) in [5, 5.41) is 2.28. The minimum Gasteiger partial charge on any atom is -0.203 e. The SMILES string of the molecule is BrCCCCCc1ccccc1CCCCCBr.Cc1cc[n+](CCCCCc2ccccc2CCCCC[n+]2ccc(C)cc2C)c(C)c1. The number of aryl methyl sites for hydroxylation is 10. The van der Waals surface area contributed by atoms with Gasteiger partial charge in [0, 0.05) is 61.6 Å². The first-order chi connectivity index (χ1) is 24.4. The van der Waals surface area contributed by atoms with Crippen molar-refractivity contribution in [2.24, 2.45) is 0 Å². The van der Waals surface area contributed by atoms with Crippen molar-refractivity contribution in [3.05, 3.63) is 130 Å². The summed E-state index contributed by atoms with van der Waals surface area (Å²) in [6.45, 7) is 11.0. The van der Waals surface area contributed by atoms with Crippen molar-refractivity contribution in [2.45, 2.75) is 144 Å². The van der Waals surface area contributed by atoms with Crippen LogP contribution < -0.4 is 9.13 Å². The molecule has 0 saturated heterocycles. The number of nitrogens with zero attached hydrogens (tertiary/aromatic N) is 2. The second-order valence-electron chi connectivity index (χ2n) is 14.2. The summed E-state index contributed by atoms with van der Waals surface area (Å²) in [6, 6.07) is 27.1. The van der Waals surface area contributed by atoms with Crippen LogP contribution in [-0.4, -0.2) is 10.7 Å². The maximum atomic E-state index is 3.50. The van der Waals surface area contributed by atoms with Crippen LogP contribution in [0.3, 0.4) is 0 Å². The molecular formula is C46H66Br2N2+2. The Morgan fingerprint density at radius 3 is 1.02 bits per heavy atom. The van der Waals surface area contributed by atoms with E-state index in [1.165, 1.54) is 125 Å². The Morgan fingerprint density at radius 1 is 0.400 bits per heavy atom. The third-order valence-corrected chi connectivity index (χ3v) is 11.0. The largest absolute Gasteiger partial charge is 0.203 e. The molecule has 4 heteroatoms. The second-order valence-corrected chi connectivity index (χ2v) is 15.8. The first-order valence-electron chi connectivity index (χ1n) is 19.6. The third-order valence-electron chi connectivity index (χ3n) is 9.90. The predicted molar refractivity (Wildman–Crippen MR) is 223 cm³/mol. The van der Waals surface area contributed by atoms with E-state index in [0.717, 1.165) is 23.7 Å². The molecule has 2 nitrogen and oxygen atoms in total. The molecule has 272 valence electrons. The molecule has 0 aliphatic rings. The molecule has 4 rings (SSSR count). The van der Waals surface area contributed by atoms with E-state index in [1.54, 1.807) is 22.3 Å². The van der Waals surface area contributed by atoms with Gasteiger partial charge in [-0.05, 0) is 124 Å². The van der Waals surface area contributed by atoms with Crippen molar-refractivity contribution in [1.82, 2.24) is 0 Å². The molecule has 0 spiro atoms. The van der Waals surface area contributed by atoms with Gasteiger partial charge in [0.1, 0.15) is 13.1 Å². The van der Waals surface area contributed by atoms with E-state index in [2.05, 4.69) is 154 Å². The van der Waals surface area contributed by atoms with Gasteiger partial charge in [0.15, 0.2) is 23.8 Å². The summed E-state index contributed by atoms with van der Waals surface area (Å²) in [6.07, 6.45) is 25.0. The van der Waals surface area contributed by atoms with Crippen LogP contribution >= 0.6 is 31.9 Å². The normalized spacial score (nSPS) is 11.0. The van der Waals surface area contributed by atoms with E-state index in [1.807, 2.05) is 0 Å². The van der Waals surface area contributed by atoms with Crippen LogP contribution in [0, 0.1) is 27.7 Å². The molecule has 0 radical (unpaired) electrons. The summed E-state index contributed by atoms with van der Waals surface area (Å²) in [5.74, 6) is 0. The standard InChI is InChI=1S/C30H42N2.C16H24Br2/c1-25-17-21-31(27(3)23-25)19-11-5-7-13-29-15-9-10-16-30(29)14-8-6-12-20-32-22-18-26(2)24-28(32)4;17-13-7-1-3-9-15-11-5-6-12-16(15)10-4-2-8-14-18/h9-10,15-18,21-24H,5-8,11-14,19-20H2,1-4H3;5-6,11-12H,1-4,7-10,13-14H2/q+2;. The van der Waals surface area contributed by atoms with Gasteiger partial charge < -0.3 is 0 Å². The van der Waals surface area contributed by atoms with Gasteiger partial charge in [-0.3, -0.25) is 0 Å². The van der Waals surface area contributed by atoms with Gasteiger partial charge in [0.25, 0.3) is 0 Å². The highest BCUT2D eigenvalue weighted by Gasteiger charge is 2.08. The topological polar surface area (TPSA) is 7.76 Å². The van der Waals surface area contributed by atoms with Crippen LogP contribution in [0.1, 0.15) is 122 Å². The number of hydrogen-bond acceptors (Lipinski definition) is 0. The lowest BCUT2D eigenvalue weighted by molar-refractivity contribution is -0.703. The smallest absolute Gasteiger partial charge is 0.178 e. The van der Waals surface area contributed by atoms with Crippen molar-refractivity contribution < 1.29 is 9.13 Å². The number of benzene rings is 2. The van der Waals surface area contributed by atoms with E-state index < -0.39 is 0 Å². The van der Waals surface area contributed by atoms with Crippen molar-refractivity contribution in [2.75, 3.05) is 10.7 Å². The Bertz CT molecular complexity index is 1390. The number of halogens is 2. The van der Waals surface area contributed by atoms with Crippen LogP contribution in [0.25, 0.3) is 0 Å². The van der Waals surface area contributed by atoms with Crippen molar-refractivity contribution in [3.8, 4) is 0 Å². The minimum atomic E-state index is 1.13. The van der Waals surface area contributed by atoms with Crippen LogP contribution in [0.15, 0.2) is 85.2 Å². The fraction of sp³-hybridized carbons (Fsp3) is 0.522. The van der Waals surface area contributed by atoms with Gasteiger partial charge in [-0.2, -0.15) is 0 Å². The molecule has 0 aliphatic heterocycles. The molecule has 0 N–H and O–H groups in total. The van der Waals surface area contributed by atoms with Gasteiger partial charge in [-0.1, -0.05) is 93.2 Å². The lowest BCUT2D eigenvalue weighted by Crippen LogP contribution is -2.36. The lowest BCUT2D eigenvalue weighted by atomic mass is 9.97. The average molecular weight is 807 g/mol. The Kier molecular flexibility index (Phi) is 21.6. The van der Waals surface area contributed by atoms with E-state index >= 15 is 0 Å². The fourth-order valence-corrected chi connectivity index (χ4v) is 7.68. The van der Waals surface area contributed by atoms with Crippen LogP contribution in [0.5, 0.6) is 0 Å². The van der Waals surface area contributed by atoms with Crippen LogP contribution in [0.2, 0.25) is 0 Å². The number of unbranched alkanes of at least 4 members (excludes halogenated alkanes) is 8. The molecule has 2 aromatic heterocycles. The van der Waals surface area contributed by atoms with Gasteiger partial charge in [0.2, 0.25) is 0 Å². The van der Waals surface area contributed by atoms with Crippen molar-refractivity contribution in [3.63, 3.8) is 0 Å². The quantitative estimate of drug-likeness (QED) is 0.0425. The zero-order valence-corrected chi connectivity index (χ0v) is 35.0. The number of aromatic nitrogens is 2. The second kappa shape index (κ2) is 25.6. The molecule has 0 fully saturated rings. The molecule has 0 aliphatic carbocycles. The molecule has 0 amide bonds. The van der Waals surface area contributed by atoms with Gasteiger partial charge in [-0.25, -0.2) is 9.13 Å². The van der Waals surface area contributed by atoms with Crippen molar-refractivity contribution >= 4 is 31.9 Å². The number of rotatable bonds is 22. The third kappa shape index (κ3) is 16.8. The molecule has 0 bridgehead atoms. The van der Waals surface area contributed by atoms with Crippen LogP contribution in [0.4, 0.5) is 0 Å². The monoisotopic (exact) mass is 804 g/mol. The van der Waals surface area contributed by atoms with E-state index in [9.17, 15) is 0 Å². The summed E-state index contributed by atoms with van der Waals surface area (Å²) in [7, 11) is 0. The molecule has 0 unspecified atom stereocenters. The Labute approximate surface area is 323 Å². The molecule has 4 aromatic rings. The Balaban J connectivity index is 0.000000319. The van der Waals surface area contributed by atoms with E-state index in [0.29, 0.717) is 0 Å². The molecule has 0 saturated carbocycles. The Morgan fingerprint density at radius 2 is 0.720 bits per heavy atom. The highest BCUT2D eigenvalue weighted by molar-refractivity contribution is 9.09. The molecular weight excluding hydrogens is 740 g/mol. The highest BCUT2D eigenvalue weighted by atomic mass is 79.9. The average Bonchev–Trinajstić information content (AvgIpc) is 3.11. The van der Waals surface area contributed by atoms with Gasteiger partial charge >= 0.3 is 0 Å². The maximum absolute atomic E-state index is 3.50. The maximum Gasteiger partial charge on any atom is 0.178 e. The molecule has 2 aromatic carbocycles. The summed E-state index contributed by atoms with van der Waals surface area (Å²) in [5.41, 5.74) is 11.7. The fourth-order valence-electron chi connectivity index (χ4n) is 6.89. The molecule has 0 atom stereocenters. The van der Waals surface area contributed by atoms with Crippen LogP contribution in [-0.2, 0) is 38.8 Å². The predicted octanol–water partition coefficient (Wildman–Crippen LogP) is 12.2. The van der Waals surface area contributed by atoms with Gasteiger partial charge in [-0.15, -0.1) is 0 Å². The number of alkyl halides is 2. The zero-order valence-electron chi connectivity index (χ0n) is 31.9. The summed E-state index contributed by atoms with van der Waals surface area (Å²) < 4.78 is 4.77. The lowest BCUT2D eigenvalue weighted by Gasteiger charge is -2.09. The molecule has 50 heavy (non-hydrogen) atoms. The van der Waals surface area contributed by atoms with Gasteiger partial charge in [0.05, 0.1) is 0 Å². The zero-order chi connectivity index (χ0) is 35.8. The first kappa shape index (κ1) is 42.1.